The molecule has 4 aromatic rings. The number of aryl methyl sites for hydroxylation is 3. The summed E-state index contributed by atoms with van der Waals surface area (Å²) in [5, 5.41) is 3.60. The summed E-state index contributed by atoms with van der Waals surface area (Å²) in [6, 6.07) is 25.3. The Morgan fingerprint density at radius 1 is 0.804 bits per heavy atom. The monoisotopic (exact) mass is 679 g/mol. The Morgan fingerprint density at radius 3 is 2.13 bits per heavy atom. The molecule has 0 heterocycles. The molecule has 4 rings (SSSR count). The summed E-state index contributed by atoms with van der Waals surface area (Å²) < 4.78 is 29.6. The molecule has 1 atom stereocenters. The molecule has 0 fully saturated rings. The quantitative estimate of drug-likeness (QED) is 0.161. The maximum absolute atomic E-state index is 14.6. The standard InChI is InChI=1S/C36H39Cl2N3O4S/c1-5-19-39-36(43)34(22-28-9-7-6-8-10-28)40(23-29-14-18-32(37)33(38)21-29)35(42)24-41(30-15-13-26(3)27(4)20-30)46(44,45)31-16-11-25(2)12-17-31/h6-18,20-21,34H,5,19,22-24H2,1-4H3,(H,39,43)/t34-/m1/s1. The zero-order valence-corrected chi connectivity index (χ0v) is 28.8. The van der Waals surface area contributed by atoms with Crippen LogP contribution in [0.4, 0.5) is 5.69 Å². The van der Waals surface area contributed by atoms with Gasteiger partial charge in [-0.05, 0) is 85.8 Å². The van der Waals surface area contributed by atoms with Crippen LogP contribution in [-0.4, -0.2) is 44.3 Å². The van der Waals surface area contributed by atoms with Gasteiger partial charge in [-0.25, -0.2) is 8.42 Å². The lowest BCUT2D eigenvalue weighted by molar-refractivity contribution is -0.140. The van der Waals surface area contributed by atoms with E-state index >= 15 is 0 Å². The highest BCUT2D eigenvalue weighted by Crippen LogP contribution is 2.28. The van der Waals surface area contributed by atoms with Gasteiger partial charge < -0.3 is 10.2 Å². The first-order valence-electron chi connectivity index (χ1n) is 15.1. The maximum atomic E-state index is 14.6. The highest BCUT2D eigenvalue weighted by atomic mass is 35.5. The minimum atomic E-state index is -4.19. The highest BCUT2D eigenvalue weighted by molar-refractivity contribution is 7.92. The van der Waals surface area contributed by atoms with Gasteiger partial charge in [0.1, 0.15) is 12.6 Å². The number of amides is 2. The summed E-state index contributed by atoms with van der Waals surface area (Å²) in [6.07, 6.45) is 0.928. The summed E-state index contributed by atoms with van der Waals surface area (Å²) in [5.41, 5.74) is 4.61. The third-order valence-electron chi connectivity index (χ3n) is 7.82. The molecule has 7 nitrogen and oxygen atoms in total. The lowest BCUT2D eigenvalue weighted by atomic mass is 10.0. The second-order valence-electron chi connectivity index (χ2n) is 11.4. The lowest BCUT2D eigenvalue weighted by Gasteiger charge is -2.34. The van der Waals surface area contributed by atoms with E-state index in [1.807, 2.05) is 64.1 Å². The topological polar surface area (TPSA) is 86.8 Å². The summed E-state index contributed by atoms with van der Waals surface area (Å²) in [5.74, 6) is -0.884. The van der Waals surface area contributed by atoms with E-state index in [4.69, 9.17) is 23.2 Å². The van der Waals surface area contributed by atoms with Crippen molar-refractivity contribution in [1.82, 2.24) is 10.2 Å². The fourth-order valence-electron chi connectivity index (χ4n) is 5.00. The Kier molecular flexibility index (Phi) is 11.9. The van der Waals surface area contributed by atoms with E-state index in [0.717, 1.165) is 26.6 Å². The van der Waals surface area contributed by atoms with Gasteiger partial charge in [0.05, 0.1) is 20.6 Å². The van der Waals surface area contributed by atoms with Gasteiger partial charge in [0, 0.05) is 19.5 Å². The van der Waals surface area contributed by atoms with Crippen LogP contribution in [0, 0.1) is 20.8 Å². The van der Waals surface area contributed by atoms with Crippen LogP contribution in [0.2, 0.25) is 10.0 Å². The number of sulfonamides is 1. The molecule has 10 heteroatoms. The van der Waals surface area contributed by atoms with Gasteiger partial charge in [-0.2, -0.15) is 0 Å². The molecule has 0 saturated heterocycles. The highest BCUT2D eigenvalue weighted by Gasteiger charge is 2.34. The lowest BCUT2D eigenvalue weighted by Crippen LogP contribution is -2.53. The fraction of sp³-hybridized carbons (Fsp3) is 0.278. The van der Waals surface area contributed by atoms with Crippen LogP contribution < -0.4 is 9.62 Å². The first-order chi connectivity index (χ1) is 21.9. The molecule has 0 spiro atoms. The van der Waals surface area contributed by atoms with Gasteiger partial charge in [0.25, 0.3) is 10.0 Å². The molecule has 0 aromatic heterocycles. The van der Waals surface area contributed by atoms with E-state index in [9.17, 15) is 18.0 Å². The SMILES string of the molecule is CCCNC(=O)[C@@H](Cc1ccccc1)N(Cc1ccc(Cl)c(Cl)c1)C(=O)CN(c1ccc(C)c(C)c1)S(=O)(=O)c1ccc(C)cc1. The molecule has 1 N–H and O–H groups in total. The Bertz CT molecular complexity index is 1780. The molecule has 2 amide bonds. The minimum Gasteiger partial charge on any atom is -0.354 e. The fourth-order valence-corrected chi connectivity index (χ4v) is 6.73. The Morgan fingerprint density at radius 2 is 1.50 bits per heavy atom. The van der Waals surface area contributed by atoms with Gasteiger partial charge in [-0.3, -0.25) is 13.9 Å². The van der Waals surface area contributed by atoms with E-state index in [1.54, 1.807) is 42.5 Å². The zero-order valence-electron chi connectivity index (χ0n) is 26.5. The second kappa shape index (κ2) is 15.6. The summed E-state index contributed by atoms with van der Waals surface area (Å²) in [4.78, 5) is 29.8. The van der Waals surface area contributed by atoms with Crippen molar-refractivity contribution in [3.05, 3.63) is 129 Å². The molecule has 0 aliphatic rings. The first kappa shape index (κ1) is 35.0. The van der Waals surface area contributed by atoms with Gasteiger partial charge in [-0.1, -0.05) is 90.3 Å². The largest absolute Gasteiger partial charge is 0.354 e. The van der Waals surface area contributed by atoms with Gasteiger partial charge in [0.15, 0.2) is 0 Å². The second-order valence-corrected chi connectivity index (χ2v) is 14.0. The predicted molar refractivity (Wildman–Crippen MR) is 186 cm³/mol. The number of halogens is 2. The molecule has 4 aromatic carbocycles. The van der Waals surface area contributed by atoms with Crippen molar-refractivity contribution in [1.29, 1.82) is 0 Å². The molecular formula is C36H39Cl2N3O4S. The number of nitrogens with zero attached hydrogens (tertiary/aromatic N) is 2. The number of hydrogen-bond acceptors (Lipinski definition) is 4. The third-order valence-corrected chi connectivity index (χ3v) is 10.4. The third kappa shape index (κ3) is 8.69. The van der Waals surface area contributed by atoms with Crippen molar-refractivity contribution < 1.29 is 18.0 Å². The van der Waals surface area contributed by atoms with E-state index in [2.05, 4.69) is 5.32 Å². The van der Waals surface area contributed by atoms with E-state index < -0.39 is 28.5 Å². The molecule has 0 unspecified atom stereocenters. The minimum absolute atomic E-state index is 0.00187. The number of rotatable bonds is 13. The van der Waals surface area contributed by atoms with Crippen LogP contribution >= 0.6 is 23.2 Å². The van der Waals surface area contributed by atoms with Crippen LogP contribution in [-0.2, 0) is 32.6 Å². The summed E-state index contributed by atoms with van der Waals surface area (Å²) in [7, 11) is -4.19. The number of nitrogens with one attached hydrogen (secondary N) is 1. The zero-order chi connectivity index (χ0) is 33.4. The summed E-state index contributed by atoms with van der Waals surface area (Å²) in [6.45, 7) is 7.54. The van der Waals surface area contributed by atoms with Crippen molar-refractivity contribution in [2.75, 3.05) is 17.4 Å². The molecule has 0 saturated carbocycles. The normalized spacial score (nSPS) is 12.0. The number of benzene rings is 4. The molecule has 0 radical (unpaired) electrons. The molecule has 46 heavy (non-hydrogen) atoms. The number of anilines is 1. The number of hydrogen-bond donors (Lipinski definition) is 1. The van der Waals surface area contributed by atoms with Crippen molar-refractivity contribution in [2.45, 2.75) is 58.0 Å². The van der Waals surface area contributed by atoms with Crippen LogP contribution in [0.1, 0.15) is 41.2 Å². The predicted octanol–water partition coefficient (Wildman–Crippen LogP) is 7.28. The van der Waals surface area contributed by atoms with Gasteiger partial charge >= 0.3 is 0 Å². The van der Waals surface area contributed by atoms with E-state index in [0.29, 0.717) is 34.3 Å². The smallest absolute Gasteiger partial charge is 0.264 e. The first-order valence-corrected chi connectivity index (χ1v) is 17.3. The Balaban J connectivity index is 1.82. The van der Waals surface area contributed by atoms with Crippen molar-refractivity contribution >= 4 is 50.7 Å². The van der Waals surface area contributed by atoms with Gasteiger partial charge in [-0.15, -0.1) is 0 Å². The van der Waals surface area contributed by atoms with E-state index in [-0.39, 0.29) is 23.8 Å². The van der Waals surface area contributed by atoms with Gasteiger partial charge in [0.2, 0.25) is 11.8 Å². The number of carbonyl (C=O) groups is 2. The van der Waals surface area contributed by atoms with Crippen LogP contribution in [0.3, 0.4) is 0 Å². The maximum Gasteiger partial charge on any atom is 0.264 e. The van der Waals surface area contributed by atoms with Crippen LogP contribution in [0.15, 0.2) is 95.9 Å². The van der Waals surface area contributed by atoms with Crippen molar-refractivity contribution in [3.63, 3.8) is 0 Å². The van der Waals surface area contributed by atoms with E-state index in [1.165, 1.54) is 17.0 Å². The average Bonchev–Trinajstić information content (AvgIpc) is 3.04. The van der Waals surface area contributed by atoms with Crippen LogP contribution in [0.25, 0.3) is 0 Å². The summed E-state index contributed by atoms with van der Waals surface area (Å²) >= 11 is 12.5. The molecule has 0 aliphatic heterocycles. The number of carbonyl (C=O) groups excluding carboxylic acids is 2. The Hall–Kier alpha value is -3.85. The molecule has 242 valence electrons. The molecular weight excluding hydrogens is 641 g/mol. The van der Waals surface area contributed by atoms with Crippen molar-refractivity contribution in [2.24, 2.45) is 0 Å². The molecule has 0 aliphatic carbocycles. The van der Waals surface area contributed by atoms with Crippen LogP contribution in [0.5, 0.6) is 0 Å². The average molecular weight is 681 g/mol. The Labute approximate surface area is 282 Å². The van der Waals surface area contributed by atoms with Crippen molar-refractivity contribution in [3.8, 4) is 0 Å². The molecule has 0 bridgehead atoms.